The average molecular weight is 480 g/mol. The van der Waals surface area contributed by atoms with Gasteiger partial charge in [-0.2, -0.15) is 0 Å². The number of fused-ring (bicyclic) bond motifs is 1. The summed E-state index contributed by atoms with van der Waals surface area (Å²) < 4.78 is 34.1. The molecule has 0 bridgehead atoms. The number of carbonyl (C=O) groups excluding carboxylic acids is 2. The Balaban J connectivity index is 1.35. The number of benzene rings is 2. The van der Waals surface area contributed by atoms with Crippen molar-refractivity contribution in [3.05, 3.63) is 65.9 Å². The van der Waals surface area contributed by atoms with Crippen LogP contribution in [-0.4, -0.2) is 30.3 Å². The van der Waals surface area contributed by atoms with Gasteiger partial charge in [0.25, 0.3) is 10.0 Å². The van der Waals surface area contributed by atoms with E-state index in [0.717, 1.165) is 31.2 Å². The molecule has 1 aromatic heterocycles. The van der Waals surface area contributed by atoms with Crippen molar-refractivity contribution in [2.45, 2.75) is 44.0 Å². The molecule has 34 heavy (non-hydrogen) atoms. The monoisotopic (exact) mass is 479 g/mol. The number of carbonyl (C=O) groups is 2. The molecule has 1 aliphatic heterocycles. The van der Waals surface area contributed by atoms with Crippen LogP contribution < -0.4 is 4.72 Å². The fourth-order valence-electron chi connectivity index (χ4n) is 4.88. The molecule has 1 aliphatic carbocycles. The number of imide groups is 1. The summed E-state index contributed by atoms with van der Waals surface area (Å²) in [6.07, 6.45) is 4.97. The lowest BCUT2D eigenvalue weighted by atomic mass is 9.81. The normalized spacial score (nSPS) is 20.4. The Hall–Kier alpha value is -3.46. The Morgan fingerprint density at radius 1 is 1.00 bits per heavy atom. The Morgan fingerprint density at radius 3 is 2.29 bits per heavy atom. The third-order valence-electron chi connectivity index (χ3n) is 6.67. The zero-order valence-corrected chi connectivity index (χ0v) is 19.5. The summed E-state index contributed by atoms with van der Waals surface area (Å²) in [4.78, 5) is 27.1. The molecule has 2 atom stereocenters. The van der Waals surface area contributed by atoms with Crippen molar-refractivity contribution < 1.29 is 22.5 Å². The van der Waals surface area contributed by atoms with Gasteiger partial charge in [-0.15, -0.1) is 0 Å². The van der Waals surface area contributed by atoms with Crippen LogP contribution in [0.1, 0.15) is 36.8 Å². The first-order valence-electron chi connectivity index (χ1n) is 11.3. The van der Waals surface area contributed by atoms with Crippen LogP contribution in [0.4, 0.5) is 5.69 Å². The highest BCUT2D eigenvalue weighted by Gasteiger charge is 2.47. The first-order valence-corrected chi connectivity index (χ1v) is 12.8. The summed E-state index contributed by atoms with van der Waals surface area (Å²) in [7, 11) is -3.89. The van der Waals surface area contributed by atoms with Crippen LogP contribution in [0.15, 0.2) is 64.1 Å². The quantitative estimate of drug-likeness (QED) is 0.533. The minimum atomic E-state index is -3.89. The fourth-order valence-corrected chi connectivity index (χ4v) is 6.23. The maximum absolute atomic E-state index is 13.2. The summed E-state index contributed by atoms with van der Waals surface area (Å²) in [5, 5.41) is 3.67. The Labute approximate surface area is 198 Å². The number of likely N-dealkylation sites (tertiary alicyclic amines) is 1. The SMILES string of the molecule is Cc1ccc(CN2C(=O)[C@H]3CCCC[C@@H]3C2=O)cc1S(=O)(=O)Nc1ccc(-c2ccno2)cc1. The molecule has 2 heterocycles. The van der Waals surface area contributed by atoms with E-state index in [0.29, 0.717) is 22.6 Å². The second-order valence-electron chi connectivity index (χ2n) is 8.92. The second-order valence-corrected chi connectivity index (χ2v) is 10.6. The molecule has 176 valence electrons. The number of hydrogen-bond donors (Lipinski definition) is 1. The van der Waals surface area contributed by atoms with E-state index >= 15 is 0 Å². The van der Waals surface area contributed by atoms with Gasteiger partial charge in [0, 0.05) is 17.3 Å². The molecule has 8 nitrogen and oxygen atoms in total. The topological polar surface area (TPSA) is 110 Å². The molecule has 0 unspecified atom stereocenters. The maximum atomic E-state index is 13.2. The van der Waals surface area contributed by atoms with Crippen molar-refractivity contribution in [2.24, 2.45) is 11.8 Å². The molecule has 0 spiro atoms. The van der Waals surface area contributed by atoms with Crippen LogP contribution >= 0.6 is 0 Å². The number of rotatable bonds is 6. The smallest absolute Gasteiger partial charge is 0.262 e. The number of nitrogens with zero attached hydrogens (tertiary/aromatic N) is 2. The first-order chi connectivity index (χ1) is 16.3. The molecule has 1 N–H and O–H groups in total. The highest BCUT2D eigenvalue weighted by Crippen LogP contribution is 2.38. The molecule has 9 heteroatoms. The number of anilines is 1. The number of nitrogens with one attached hydrogen (secondary N) is 1. The molecule has 3 aromatic rings. The zero-order valence-electron chi connectivity index (χ0n) is 18.7. The van der Waals surface area contributed by atoms with Crippen LogP contribution in [0.2, 0.25) is 0 Å². The number of amides is 2. The molecule has 5 rings (SSSR count). The predicted molar refractivity (Wildman–Crippen MR) is 125 cm³/mol. The third kappa shape index (κ3) is 4.11. The van der Waals surface area contributed by atoms with Gasteiger partial charge in [-0.3, -0.25) is 19.2 Å². The van der Waals surface area contributed by atoms with Crippen molar-refractivity contribution in [1.82, 2.24) is 10.1 Å². The van der Waals surface area contributed by atoms with Crippen molar-refractivity contribution in [1.29, 1.82) is 0 Å². The van der Waals surface area contributed by atoms with Gasteiger partial charge < -0.3 is 4.52 Å². The fraction of sp³-hybridized carbons (Fsp3) is 0.320. The van der Waals surface area contributed by atoms with Gasteiger partial charge in [0.15, 0.2) is 5.76 Å². The standard InChI is InChI=1S/C25H25N3O5S/c1-16-6-7-17(15-28-24(29)20-4-2-3-5-21(20)25(28)30)14-23(16)34(31,32)27-19-10-8-18(9-11-19)22-12-13-26-33-22/h6-14,20-21,27H,2-5,15H2,1H3/t20-,21-/m0/s1. The summed E-state index contributed by atoms with van der Waals surface area (Å²) >= 11 is 0. The van der Waals surface area contributed by atoms with Crippen molar-refractivity contribution in [3.8, 4) is 11.3 Å². The Morgan fingerprint density at radius 2 is 1.68 bits per heavy atom. The zero-order chi connectivity index (χ0) is 23.9. The van der Waals surface area contributed by atoms with Gasteiger partial charge in [0.1, 0.15) is 0 Å². The van der Waals surface area contributed by atoms with Crippen molar-refractivity contribution in [3.63, 3.8) is 0 Å². The van der Waals surface area contributed by atoms with Crippen molar-refractivity contribution in [2.75, 3.05) is 4.72 Å². The van der Waals surface area contributed by atoms with Crippen LogP contribution in [-0.2, 0) is 26.2 Å². The van der Waals surface area contributed by atoms with Crippen LogP contribution in [0, 0.1) is 18.8 Å². The van der Waals surface area contributed by atoms with Gasteiger partial charge in [-0.1, -0.05) is 30.1 Å². The third-order valence-corrected chi connectivity index (χ3v) is 8.20. The molecule has 1 saturated carbocycles. The summed E-state index contributed by atoms with van der Waals surface area (Å²) in [5.41, 5.74) is 2.36. The maximum Gasteiger partial charge on any atom is 0.262 e. The van der Waals surface area contributed by atoms with E-state index in [-0.39, 0.29) is 35.1 Å². The average Bonchev–Trinajstić information content (AvgIpc) is 3.45. The first kappa shape index (κ1) is 22.3. The largest absolute Gasteiger partial charge is 0.356 e. The van der Waals surface area contributed by atoms with E-state index in [4.69, 9.17) is 4.52 Å². The van der Waals surface area contributed by atoms with Gasteiger partial charge in [-0.05, 0) is 61.2 Å². The molecular weight excluding hydrogens is 454 g/mol. The number of aryl methyl sites for hydroxylation is 1. The molecule has 2 amide bonds. The van der Waals surface area contributed by atoms with Gasteiger partial charge in [-0.25, -0.2) is 8.42 Å². The van der Waals surface area contributed by atoms with E-state index in [2.05, 4.69) is 9.88 Å². The highest BCUT2D eigenvalue weighted by atomic mass is 32.2. The molecule has 2 fully saturated rings. The van der Waals surface area contributed by atoms with E-state index in [1.165, 1.54) is 4.90 Å². The number of hydrogen-bond acceptors (Lipinski definition) is 6. The van der Waals surface area contributed by atoms with Gasteiger partial charge in [0.2, 0.25) is 11.8 Å². The van der Waals surface area contributed by atoms with E-state index < -0.39 is 10.0 Å². The lowest BCUT2D eigenvalue weighted by Crippen LogP contribution is -2.30. The minimum absolute atomic E-state index is 0.0827. The van der Waals surface area contributed by atoms with Gasteiger partial charge in [0.05, 0.1) is 29.5 Å². The summed E-state index contributed by atoms with van der Waals surface area (Å²) in [6, 6.07) is 13.5. The predicted octanol–water partition coefficient (Wildman–Crippen LogP) is 4.13. The highest BCUT2D eigenvalue weighted by molar-refractivity contribution is 7.92. The molecule has 2 aliphatic rings. The molecular formula is C25H25N3O5S. The Bertz CT molecular complexity index is 1310. The van der Waals surface area contributed by atoms with Gasteiger partial charge >= 0.3 is 0 Å². The summed E-state index contributed by atoms with van der Waals surface area (Å²) in [6.45, 7) is 1.80. The molecule has 0 radical (unpaired) electrons. The molecule has 1 saturated heterocycles. The summed E-state index contributed by atoms with van der Waals surface area (Å²) in [5.74, 6) is -0.133. The van der Waals surface area contributed by atoms with Crippen LogP contribution in [0.25, 0.3) is 11.3 Å². The van der Waals surface area contributed by atoms with Crippen molar-refractivity contribution >= 4 is 27.5 Å². The van der Waals surface area contributed by atoms with E-state index in [9.17, 15) is 18.0 Å². The second kappa shape index (κ2) is 8.72. The minimum Gasteiger partial charge on any atom is -0.356 e. The lowest BCUT2D eigenvalue weighted by Gasteiger charge is -2.19. The van der Waals surface area contributed by atoms with Crippen LogP contribution in [0.3, 0.4) is 0 Å². The lowest BCUT2D eigenvalue weighted by molar-refractivity contribution is -0.140. The Kier molecular flexibility index (Phi) is 5.73. The van der Waals surface area contributed by atoms with E-state index in [1.807, 2.05) is 0 Å². The number of sulfonamides is 1. The van der Waals surface area contributed by atoms with Crippen LogP contribution in [0.5, 0.6) is 0 Å². The number of aromatic nitrogens is 1. The van der Waals surface area contributed by atoms with E-state index in [1.54, 1.807) is 61.7 Å². The molecule has 2 aromatic carbocycles.